The maximum Gasteiger partial charge on any atom is 0.188 e. The third-order valence-corrected chi connectivity index (χ3v) is 2.73. The van der Waals surface area contributed by atoms with Gasteiger partial charge in [0.05, 0.1) is 0 Å². The number of carbonyl (C=O) groups is 1. The minimum Gasteiger partial charge on any atom is -0.464 e. The zero-order valence-electron chi connectivity index (χ0n) is 13.0. The van der Waals surface area contributed by atoms with Gasteiger partial charge in [0.25, 0.3) is 0 Å². The number of hydrogen-bond donors (Lipinski definition) is 0. The molecule has 1 aromatic carbocycles. The summed E-state index contributed by atoms with van der Waals surface area (Å²) in [4.78, 5) is 11.3. The number of methoxy groups -OCH3 is 2. The van der Waals surface area contributed by atoms with E-state index in [1.807, 2.05) is 13.8 Å². The lowest BCUT2D eigenvalue weighted by atomic mass is 10.0. The second kappa shape index (κ2) is 9.15. The van der Waals surface area contributed by atoms with Crippen LogP contribution in [0.25, 0.3) is 0 Å². The molecule has 1 rings (SSSR count). The summed E-state index contributed by atoms with van der Waals surface area (Å²) in [6, 6.07) is 3.46. The fourth-order valence-corrected chi connectivity index (χ4v) is 1.69. The lowest BCUT2D eigenvalue weighted by Crippen LogP contribution is -2.06. The van der Waals surface area contributed by atoms with Crippen molar-refractivity contribution >= 4 is 6.29 Å². The highest BCUT2D eigenvalue weighted by molar-refractivity contribution is 5.79. The zero-order valence-corrected chi connectivity index (χ0v) is 13.0. The molecule has 5 nitrogen and oxygen atoms in total. The van der Waals surface area contributed by atoms with Gasteiger partial charge in [0, 0.05) is 19.8 Å². The van der Waals surface area contributed by atoms with E-state index in [0.29, 0.717) is 23.5 Å². The maximum atomic E-state index is 11.3. The number of benzene rings is 1. The first kappa shape index (κ1) is 17.2. The third-order valence-electron chi connectivity index (χ3n) is 2.73. The van der Waals surface area contributed by atoms with Crippen LogP contribution in [0.1, 0.15) is 29.8 Å². The van der Waals surface area contributed by atoms with Crippen molar-refractivity contribution in [3.05, 3.63) is 34.9 Å². The molecule has 0 radical (unpaired) electrons. The quantitative estimate of drug-likeness (QED) is 0.398. The van der Waals surface area contributed by atoms with Crippen molar-refractivity contribution in [1.29, 1.82) is 0 Å². The molecular formula is C16H22O5. The van der Waals surface area contributed by atoms with Crippen molar-refractivity contribution in [2.45, 2.75) is 20.3 Å². The van der Waals surface area contributed by atoms with Crippen LogP contribution in [-0.2, 0) is 15.9 Å². The summed E-state index contributed by atoms with van der Waals surface area (Å²) in [5, 5.41) is 0. The molecule has 0 saturated carbocycles. The van der Waals surface area contributed by atoms with Crippen LogP contribution in [0, 0.1) is 0 Å². The van der Waals surface area contributed by atoms with Crippen LogP contribution >= 0.6 is 0 Å². The van der Waals surface area contributed by atoms with Gasteiger partial charge in [0.2, 0.25) is 0 Å². The number of hydrogen-bond acceptors (Lipinski definition) is 5. The normalized spacial score (nSPS) is 10.1. The second-order valence-corrected chi connectivity index (χ2v) is 4.70. The number of ether oxygens (including phenoxy) is 4. The van der Waals surface area contributed by atoms with Crippen LogP contribution in [0.2, 0.25) is 0 Å². The molecule has 0 N–H and O–H groups in total. The van der Waals surface area contributed by atoms with E-state index >= 15 is 0 Å². The first-order valence-electron chi connectivity index (χ1n) is 6.61. The summed E-state index contributed by atoms with van der Waals surface area (Å²) in [7, 11) is 3.07. The first-order valence-corrected chi connectivity index (χ1v) is 6.61. The SMILES string of the molecule is COCOc1cc(C=O)c(CC=C(C)C)cc1OCOC. The van der Waals surface area contributed by atoms with Gasteiger partial charge in [0.15, 0.2) is 25.1 Å². The van der Waals surface area contributed by atoms with Crippen molar-refractivity contribution in [3.8, 4) is 11.5 Å². The predicted octanol–water partition coefficient (Wildman–Crippen LogP) is 2.97. The molecule has 1 aromatic rings. The van der Waals surface area contributed by atoms with Crippen molar-refractivity contribution in [2.24, 2.45) is 0 Å². The molecule has 0 amide bonds. The molecular weight excluding hydrogens is 272 g/mol. The minimum atomic E-state index is 0.0783. The van der Waals surface area contributed by atoms with Gasteiger partial charge >= 0.3 is 0 Å². The number of allylic oxidation sites excluding steroid dienone is 2. The smallest absolute Gasteiger partial charge is 0.188 e. The second-order valence-electron chi connectivity index (χ2n) is 4.70. The van der Waals surface area contributed by atoms with E-state index in [-0.39, 0.29) is 13.6 Å². The molecule has 0 unspecified atom stereocenters. The van der Waals surface area contributed by atoms with E-state index in [9.17, 15) is 4.79 Å². The molecule has 0 aromatic heterocycles. The Morgan fingerprint density at radius 2 is 1.62 bits per heavy atom. The zero-order chi connectivity index (χ0) is 15.7. The van der Waals surface area contributed by atoms with Gasteiger partial charge in [-0.3, -0.25) is 4.79 Å². The Labute approximate surface area is 125 Å². The molecule has 0 atom stereocenters. The van der Waals surface area contributed by atoms with Gasteiger partial charge in [-0.1, -0.05) is 11.6 Å². The largest absolute Gasteiger partial charge is 0.464 e. The lowest BCUT2D eigenvalue weighted by molar-refractivity contribution is 0.0322. The Balaban J connectivity index is 3.12. The number of rotatable bonds is 9. The highest BCUT2D eigenvalue weighted by Crippen LogP contribution is 2.31. The van der Waals surface area contributed by atoms with Gasteiger partial charge in [-0.05, 0) is 38.0 Å². The molecule has 0 bridgehead atoms. The van der Waals surface area contributed by atoms with E-state index in [0.717, 1.165) is 11.8 Å². The summed E-state index contributed by atoms with van der Waals surface area (Å²) in [5.41, 5.74) is 2.64. The van der Waals surface area contributed by atoms with Crippen LogP contribution in [0.3, 0.4) is 0 Å². The Bertz CT molecular complexity index is 490. The molecule has 0 spiro atoms. The van der Waals surface area contributed by atoms with E-state index in [2.05, 4.69) is 6.08 Å². The maximum absolute atomic E-state index is 11.3. The van der Waals surface area contributed by atoms with Crippen LogP contribution < -0.4 is 9.47 Å². The highest BCUT2D eigenvalue weighted by atomic mass is 16.7. The molecule has 0 saturated heterocycles. The number of carbonyl (C=O) groups excluding carboxylic acids is 1. The van der Waals surface area contributed by atoms with Crippen LogP contribution in [0.15, 0.2) is 23.8 Å². The Kier molecular flexibility index (Phi) is 7.50. The Hall–Kier alpha value is -1.85. The first-order chi connectivity index (χ1) is 10.1. The summed E-state index contributed by atoms with van der Waals surface area (Å²) in [5.74, 6) is 0.980. The lowest BCUT2D eigenvalue weighted by Gasteiger charge is -2.14. The van der Waals surface area contributed by atoms with Gasteiger partial charge < -0.3 is 18.9 Å². The van der Waals surface area contributed by atoms with Gasteiger partial charge in [-0.2, -0.15) is 0 Å². The predicted molar refractivity (Wildman–Crippen MR) is 80.0 cm³/mol. The summed E-state index contributed by atoms with van der Waals surface area (Å²) in [6.07, 6.45) is 3.52. The molecule has 21 heavy (non-hydrogen) atoms. The number of aldehydes is 1. The van der Waals surface area contributed by atoms with E-state index in [1.165, 1.54) is 12.7 Å². The summed E-state index contributed by atoms with van der Waals surface area (Å²) in [6.45, 7) is 4.21. The van der Waals surface area contributed by atoms with Crippen molar-refractivity contribution in [2.75, 3.05) is 27.8 Å². The van der Waals surface area contributed by atoms with Gasteiger partial charge in [-0.25, -0.2) is 0 Å². The highest BCUT2D eigenvalue weighted by Gasteiger charge is 2.12. The molecule has 0 fully saturated rings. The van der Waals surface area contributed by atoms with Crippen molar-refractivity contribution in [3.63, 3.8) is 0 Å². The minimum absolute atomic E-state index is 0.0783. The van der Waals surface area contributed by atoms with Crippen molar-refractivity contribution in [1.82, 2.24) is 0 Å². The summed E-state index contributed by atoms with van der Waals surface area (Å²) < 4.78 is 20.7. The fourth-order valence-electron chi connectivity index (χ4n) is 1.69. The van der Waals surface area contributed by atoms with Crippen LogP contribution in [0.4, 0.5) is 0 Å². The summed E-state index contributed by atoms with van der Waals surface area (Å²) >= 11 is 0. The van der Waals surface area contributed by atoms with E-state index < -0.39 is 0 Å². The van der Waals surface area contributed by atoms with Crippen LogP contribution in [0.5, 0.6) is 11.5 Å². The van der Waals surface area contributed by atoms with Gasteiger partial charge in [-0.15, -0.1) is 0 Å². The van der Waals surface area contributed by atoms with E-state index in [4.69, 9.17) is 18.9 Å². The molecule has 0 heterocycles. The molecule has 0 aliphatic carbocycles. The van der Waals surface area contributed by atoms with E-state index in [1.54, 1.807) is 19.2 Å². The van der Waals surface area contributed by atoms with Crippen LogP contribution in [-0.4, -0.2) is 34.1 Å². The molecule has 5 heteroatoms. The Morgan fingerprint density at radius 1 is 1.05 bits per heavy atom. The van der Waals surface area contributed by atoms with Gasteiger partial charge in [0.1, 0.15) is 6.29 Å². The fraction of sp³-hybridized carbons (Fsp3) is 0.438. The average Bonchev–Trinajstić information content (AvgIpc) is 2.48. The van der Waals surface area contributed by atoms with Crippen molar-refractivity contribution < 1.29 is 23.7 Å². The molecule has 0 aliphatic rings. The monoisotopic (exact) mass is 294 g/mol. The standard InChI is InChI=1S/C16H22O5/c1-12(2)5-6-13-7-15(20-10-18-3)16(21-11-19-4)8-14(13)9-17/h5,7-9H,6,10-11H2,1-4H3. The Morgan fingerprint density at radius 3 is 2.10 bits per heavy atom. The average molecular weight is 294 g/mol. The molecule has 0 aliphatic heterocycles. The third kappa shape index (κ3) is 5.57. The topological polar surface area (TPSA) is 54.0 Å². The molecule has 116 valence electrons.